The van der Waals surface area contributed by atoms with Crippen molar-refractivity contribution in [3.05, 3.63) is 41.0 Å². The number of nitrogens with one attached hydrogen (secondary N) is 1. The molecule has 1 aromatic heterocycles. The molecule has 0 saturated heterocycles. The first-order chi connectivity index (χ1) is 12.2. The average Bonchev–Trinajstić information content (AvgIpc) is 3.24. The zero-order chi connectivity index (χ0) is 17.4. The lowest BCUT2D eigenvalue weighted by Gasteiger charge is -2.25. The minimum Gasteiger partial charge on any atom is -0.496 e. The number of hydrogen-bond acceptors (Lipinski definition) is 3. The normalized spacial score (nSPS) is 24.5. The van der Waals surface area contributed by atoms with E-state index >= 15 is 0 Å². The number of anilines is 1. The summed E-state index contributed by atoms with van der Waals surface area (Å²) in [5, 5.41) is 4.49. The second-order valence-corrected chi connectivity index (χ2v) is 7.75. The Balaban J connectivity index is 1.71. The highest BCUT2D eigenvalue weighted by Gasteiger charge is 2.39. The molecule has 132 valence electrons. The highest BCUT2D eigenvalue weighted by Crippen LogP contribution is 2.46. The molecular weight excluding hydrogens is 332 g/mol. The minimum absolute atomic E-state index is 0.577. The van der Waals surface area contributed by atoms with Gasteiger partial charge in [0.15, 0.2) is 0 Å². The molecule has 1 heterocycles. The van der Waals surface area contributed by atoms with Crippen LogP contribution < -0.4 is 10.1 Å². The monoisotopic (exact) mass is 356 g/mol. The summed E-state index contributed by atoms with van der Waals surface area (Å²) in [5.41, 5.74) is 3.43. The molecule has 2 aromatic rings. The van der Waals surface area contributed by atoms with Gasteiger partial charge >= 0.3 is 0 Å². The van der Waals surface area contributed by atoms with Gasteiger partial charge in [0.25, 0.3) is 0 Å². The predicted molar refractivity (Wildman–Crippen MR) is 103 cm³/mol. The third-order valence-electron chi connectivity index (χ3n) is 5.92. The van der Waals surface area contributed by atoms with E-state index in [1.807, 2.05) is 24.4 Å². The number of benzene rings is 1. The summed E-state index contributed by atoms with van der Waals surface area (Å²) in [4.78, 5) is 4.68. The van der Waals surface area contributed by atoms with E-state index in [9.17, 15) is 0 Å². The lowest BCUT2D eigenvalue weighted by atomic mass is 9.94. The number of fused-ring (bicyclic) bond motifs is 2. The minimum atomic E-state index is 0.577. The molecule has 3 nitrogen and oxygen atoms in total. The van der Waals surface area contributed by atoms with Crippen LogP contribution >= 0.6 is 11.6 Å². The summed E-state index contributed by atoms with van der Waals surface area (Å²) in [5.74, 6) is 3.61. The molecule has 2 fully saturated rings. The maximum Gasteiger partial charge on any atom is 0.129 e. The Bertz CT molecular complexity index is 776. The van der Waals surface area contributed by atoms with Crippen molar-refractivity contribution in [2.45, 2.75) is 45.1 Å². The number of nitrogens with zero attached hydrogens (tertiary/aromatic N) is 1. The zero-order valence-electron chi connectivity index (χ0n) is 14.9. The Labute approximate surface area is 154 Å². The van der Waals surface area contributed by atoms with Crippen LogP contribution in [-0.2, 0) is 6.42 Å². The molecule has 4 rings (SSSR count). The number of pyridine rings is 1. The Morgan fingerprint density at radius 1 is 1.20 bits per heavy atom. The second-order valence-electron chi connectivity index (χ2n) is 7.31. The maximum absolute atomic E-state index is 6.25. The molecule has 1 N–H and O–H groups in total. The topological polar surface area (TPSA) is 34.1 Å². The van der Waals surface area contributed by atoms with Gasteiger partial charge in [0, 0.05) is 28.4 Å². The van der Waals surface area contributed by atoms with Crippen LogP contribution in [0.3, 0.4) is 0 Å². The van der Waals surface area contributed by atoms with E-state index in [-0.39, 0.29) is 0 Å². The molecule has 1 aromatic carbocycles. The van der Waals surface area contributed by atoms with E-state index in [0.717, 1.165) is 46.0 Å². The molecule has 2 bridgehead atoms. The van der Waals surface area contributed by atoms with Gasteiger partial charge in [-0.25, -0.2) is 4.98 Å². The van der Waals surface area contributed by atoms with Crippen LogP contribution in [0.25, 0.3) is 11.1 Å². The zero-order valence-corrected chi connectivity index (χ0v) is 15.6. The number of ether oxygens (including phenoxy) is 1. The van der Waals surface area contributed by atoms with Gasteiger partial charge in [-0.3, -0.25) is 0 Å². The maximum atomic E-state index is 6.25. The number of aromatic nitrogens is 1. The molecule has 2 aliphatic rings. The van der Waals surface area contributed by atoms with Crippen molar-refractivity contribution in [2.24, 2.45) is 11.8 Å². The molecule has 25 heavy (non-hydrogen) atoms. The first-order valence-electron chi connectivity index (χ1n) is 9.28. The lowest BCUT2D eigenvalue weighted by Crippen LogP contribution is -2.27. The Hall–Kier alpha value is -1.74. The van der Waals surface area contributed by atoms with Crippen molar-refractivity contribution < 1.29 is 4.74 Å². The predicted octanol–water partition coefficient (Wildman–Crippen LogP) is 5.57. The fourth-order valence-electron chi connectivity index (χ4n) is 4.71. The number of halogens is 1. The summed E-state index contributed by atoms with van der Waals surface area (Å²) in [7, 11) is 1.70. The van der Waals surface area contributed by atoms with Crippen LogP contribution in [0.15, 0.2) is 30.5 Å². The lowest BCUT2D eigenvalue weighted by molar-refractivity contribution is 0.416. The molecule has 0 aliphatic heterocycles. The molecule has 0 spiro atoms. The summed E-state index contributed by atoms with van der Waals surface area (Å²) < 4.78 is 5.57. The number of methoxy groups -OCH3 is 1. The van der Waals surface area contributed by atoms with E-state index in [2.05, 4.69) is 23.3 Å². The molecule has 0 radical (unpaired) electrons. The summed E-state index contributed by atoms with van der Waals surface area (Å²) in [6, 6.07) is 8.42. The molecule has 2 aliphatic carbocycles. The van der Waals surface area contributed by atoms with E-state index in [1.165, 1.54) is 31.2 Å². The largest absolute Gasteiger partial charge is 0.496 e. The van der Waals surface area contributed by atoms with E-state index in [1.54, 1.807) is 7.11 Å². The molecule has 3 atom stereocenters. The third-order valence-corrected chi connectivity index (χ3v) is 6.16. The third kappa shape index (κ3) is 3.10. The summed E-state index contributed by atoms with van der Waals surface area (Å²) in [6.45, 7) is 2.18. The Morgan fingerprint density at radius 2 is 2.08 bits per heavy atom. The van der Waals surface area contributed by atoms with E-state index in [0.29, 0.717) is 6.04 Å². The molecule has 2 saturated carbocycles. The molecular formula is C21H25ClN2O. The van der Waals surface area contributed by atoms with Crippen molar-refractivity contribution in [3.8, 4) is 16.9 Å². The summed E-state index contributed by atoms with van der Waals surface area (Å²) >= 11 is 6.25. The van der Waals surface area contributed by atoms with Gasteiger partial charge in [0.2, 0.25) is 0 Å². The fourth-order valence-corrected chi connectivity index (χ4v) is 4.89. The fraction of sp³-hybridized carbons (Fsp3) is 0.476. The van der Waals surface area contributed by atoms with Gasteiger partial charge < -0.3 is 10.1 Å². The van der Waals surface area contributed by atoms with Gasteiger partial charge in [0.1, 0.15) is 11.6 Å². The first-order valence-corrected chi connectivity index (χ1v) is 9.65. The van der Waals surface area contributed by atoms with Crippen molar-refractivity contribution >= 4 is 17.4 Å². The average molecular weight is 357 g/mol. The van der Waals surface area contributed by atoms with Crippen LogP contribution in [0, 0.1) is 11.8 Å². The Kier molecular flexibility index (Phi) is 4.60. The SMILES string of the molecule is CCc1c(-c2cc(Cl)ccc2OC)ccnc1NC1CC2CCC1C2. The Morgan fingerprint density at radius 3 is 2.76 bits per heavy atom. The molecule has 3 unspecified atom stereocenters. The highest BCUT2D eigenvalue weighted by molar-refractivity contribution is 6.31. The number of rotatable bonds is 5. The number of hydrogen-bond donors (Lipinski definition) is 1. The van der Waals surface area contributed by atoms with E-state index < -0.39 is 0 Å². The smallest absolute Gasteiger partial charge is 0.129 e. The van der Waals surface area contributed by atoms with Crippen LogP contribution in [-0.4, -0.2) is 18.1 Å². The standard InChI is InChI=1S/C21H25ClN2O/c1-3-16-17(18-12-15(22)6-7-20(18)25-2)8-9-23-21(16)24-19-11-13-4-5-14(19)10-13/h6-9,12-14,19H,3-5,10-11H2,1-2H3,(H,23,24). The van der Waals surface area contributed by atoms with Gasteiger partial charge in [-0.15, -0.1) is 0 Å². The van der Waals surface area contributed by atoms with Gasteiger partial charge in [-0.1, -0.05) is 24.9 Å². The van der Waals surface area contributed by atoms with Gasteiger partial charge in [-0.2, -0.15) is 0 Å². The van der Waals surface area contributed by atoms with Crippen molar-refractivity contribution in [2.75, 3.05) is 12.4 Å². The van der Waals surface area contributed by atoms with Crippen LogP contribution in [0.4, 0.5) is 5.82 Å². The summed E-state index contributed by atoms with van der Waals surface area (Å²) in [6.07, 6.45) is 8.27. The first kappa shape index (κ1) is 16.7. The van der Waals surface area contributed by atoms with Gasteiger partial charge in [0.05, 0.1) is 7.11 Å². The second kappa shape index (κ2) is 6.87. The van der Waals surface area contributed by atoms with Gasteiger partial charge in [-0.05, 0) is 67.3 Å². The van der Waals surface area contributed by atoms with Crippen LogP contribution in [0.1, 0.15) is 38.2 Å². The van der Waals surface area contributed by atoms with Crippen LogP contribution in [0.5, 0.6) is 5.75 Å². The quantitative estimate of drug-likeness (QED) is 0.760. The van der Waals surface area contributed by atoms with Crippen molar-refractivity contribution in [1.82, 2.24) is 4.98 Å². The highest BCUT2D eigenvalue weighted by atomic mass is 35.5. The van der Waals surface area contributed by atoms with Crippen molar-refractivity contribution in [1.29, 1.82) is 0 Å². The molecule has 0 amide bonds. The molecule has 4 heteroatoms. The van der Waals surface area contributed by atoms with Crippen LogP contribution in [0.2, 0.25) is 5.02 Å². The van der Waals surface area contributed by atoms with Crippen molar-refractivity contribution in [3.63, 3.8) is 0 Å². The van der Waals surface area contributed by atoms with E-state index in [4.69, 9.17) is 16.3 Å².